The molecule has 0 unspecified atom stereocenters. The molecule has 2 rings (SSSR count). The molecular formula is C13H17N3O2. The van der Waals surface area contributed by atoms with Gasteiger partial charge in [-0.05, 0) is 26.0 Å². The molecule has 96 valence electrons. The van der Waals surface area contributed by atoms with Crippen LogP contribution in [0.15, 0.2) is 24.3 Å². The van der Waals surface area contributed by atoms with Crippen LogP contribution in [0.3, 0.4) is 0 Å². The third kappa shape index (κ3) is 2.80. The van der Waals surface area contributed by atoms with Crippen LogP contribution in [0.5, 0.6) is 0 Å². The third-order valence-electron chi connectivity index (χ3n) is 2.67. The van der Waals surface area contributed by atoms with Crippen LogP contribution in [0, 0.1) is 0 Å². The predicted molar refractivity (Wildman–Crippen MR) is 70.4 cm³/mol. The van der Waals surface area contributed by atoms with Crippen molar-refractivity contribution in [2.45, 2.75) is 32.4 Å². The number of anilines is 2. The van der Waals surface area contributed by atoms with E-state index in [1.165, 1.54) is 0 Å². The Labute approximate surface area is 106 Å². The lowest BCUT2D eigenvalue weighted by Gasteiger charge is -2.26. The molecule has 1 aliphatic rings. The molecule has 1 aliphatic heterocycles. The van der Waals surface area contributed by atoms with Crippen molar-refractivity contribution >= 4 is 23.2 Å². The van der Waals surface area contributed by atoms with E-state index in [-0.39, 0.29) is 24.3 Å². The maximum atomic E-state index is 11.8. The topological polar surface area (TPSA) is 70.2 Å². The summed E-state index contributed by atoms with van der Waals surface area (Å²) >= 11 is 0. The highest BCUT2D eigenvalue weighted by molar-refractivity contribution is 6.04. The van der Waals surface area contributed by atoms with Crippen LogP contribution in [-0.2, 0) is 9.59 Å². The van der Waals surface area contributed by atoms with E-state index in [0.29, 0.717) is 0 Å². The van der Waals surface area contributed by atoms with E-state index < -0.39 is 6.04 Å². The van der Waals surface area contributed by atoms with Crippen molar-refractivity contribution in [1.82, 2.24) is 5.32 Å². The minimum absolute atomic E-state index is 0.0800. The molecular weight excluding hydrogens is 230 g/mol. The second-order valence-electron chi connectivity index (χ2n) is 4.66. The van der Waals surface area contributed by atoms with Crippen molar-refractivity contribution in [3.8, 4) is 0 Å². The van der Waals surface area contributed by atoms with Gasteiger partial charge in [0.15, 0.2) is 0 Å². The molecule has 2 amide bonds. The standard InChI is InChI=1S/C13H17N3O2/c1-8(2)14-12(17)7-11-13(18)16-10-6-4-3-5-9(10)15-11/h3-6,8,11,15H,7H2,1-2H3,(H,14,17)(H,16,18)/t11-/m1/s1. The normalized spacial score (nSPS) is 17.7. The van der Waals surface area contributed by atoms with Crippen molar-refractivity contribution < 1.29 is 9.59 Å². The molecule has 1 aromatic carbocycles. The van der Waals surface area contributed by atoms with Gasteiger partial charge >= 0.3 is 0 Å². The van der Waals surface area contributed by atoms with Gasteiger partial charge in [-0.15, -0.1) is 0 Å². The van der Waals surface area contributed by atoms with Crippen LogP contribution in [0.4, 0.5) is 11.4 Å². The molecule has 3 N–H and O–H groups in total. The summed E-state index contributed by atoms with van der Waals surface area (Å²) in [6.07, 6.45) is 0.137. The van der Waals surface area contributed by atoms with E-state index in [1.807, 2.05) is 38.1 Å². The Morgan fingerprint density at radius 3 is 2.67 bits per heavy atom. The van der Waals surface area contributed by atoms with Gasteiger partial charge < -0.3 is 16.0 Å². The number of carbonyl (C=O) groups excluding carboxylic acids is 2. The zero-order chi connectivity index (χ0) is 13.1. The van der Waals surface area contributed by atoms with Gasteiger partial charge in [0.05, 0.1) is 17.8 Å². The van der Waals surface area contributed by atoms with Crippen molar-refractivity contribution in [3.63, 3.8) is 0 Å². The van der Waals surface area contributed by atoms with Gasteiger partial charge in [-0.2, -0.15) is 0 Å². The monoisotopic (exact) mass is 247 g/mol. The molecule has 1 heterocycles. The lowest BCUT2D eigenvalue weighted by Crippen LogP contribution is -2.43. The van der Waals surface area contributed by atoms with Crippen LogP contribution in [0.1, 0.15) is 20.3 Å². The molecule has 0 saturated carbocycles. The smallest absolute Gasteiger partial charge is 0.247 e. The van der Waals surface area contributed by atoms with Crippen LogP contribution < -0.4 is 16.0 Å². The minimum Gasteiger partial charge on any atom is -0.372 e. The molecule has 0 fully saturated rings. The SMILES string of the molecule is CC(C)NC(=O)C[C@H]1Nc2ccccc2NC1=O. The molecule has 5 heteroatoms. The maximum absolute atomic E-state index is 11.8. The Balaban J connectivity index is 2.04. The number of hydrogen-bond acceptors (Lipinski definition) is 3. The number of hydrogen-bond donors (Lipinski definition) is 3. The summed E-state index contributed by atoms with van der Waals surface area (Å²) in [5.74, 6) is -0.301. The van der Waals surface area contributed by atoms with E-state index in [2.05, 4.69) is 16.0 Å². The highest BCUT2D eigenvalue weighted by atomic mass is 16.2. The quantitative estimate of drug-likeness (QED) is 0.754. The number of fused-ring (bicyclic) bond motifs is 1. The Morgan fingerprint density at radius 2 is 2.00 bits per heavy atom. The van der Waals surface area contributed by atoms with E-state index >= 15 is 0 Å². The van der Waals surface area contributed by atoms with Crippen LogP contribution in [0.25, 0.3) is 0 Å². The summed E-state index contributed by atoms with van der Waals surface area (Å²) < 4.78 is 0. The number of rotatable bonds is 3. The van der Waals surface area contributed by atoms with Gasteiger partial charge in [0.1, 0.15) is 6.04 Å². The molecule has 0 spiro atoms. The fraction of sp³-hybridized carbons (Fsp3) is 0.385. The van der Waals surface area contributed by atoms with E-state index in [9.17, 15) is 9.59 Å². The number of carbonyl (C=O) groups is 2. The zero-order valence-electron chi connectivity index (χ0n) is 10.5. The van der Waals surface area contributed by atoms with Gasteiger partial charge in [-0.25, -0.2) is 0 Å². The second-order valence-corrected chi connectivity index (χ2v) is 4.66. The molecule has 5 nitrogen and oxygen atoms in total. The summed E-state index contributed by atoms with van der Waals surface area (Å²) in [4.78, 5) is 23.5. The minimum atomic E-state index is -0.515. The predicted octanol–water partition coefficient (Wildman–Crippen LogP) is 1.33. The van der Waals surface area contributed by atoms with Crippen molar-refractivity contribution in [1.29, 1.82) is 0 Å². The van der Waals surface area contributed by atoms with Crippen molar-refractivity contribution in [2.24, 2.45) is 0 Å². The van der Waals surface area contributed by atoms with Gasteiger partial charge in [-0.1, -0.05) is 12.1 Å². The molecule has 0 radical (unpaired) electrons. The summed E-state index contributed by atoms with van der Waals surface area (Å²) in [5.41, 5.74) is 1.60. The summed E-state index contributed by atoms with van der Waals surface area (Å²) in [5, 5.41) is 8.64. The van der Waals surface area contributed by atoms with E-state index in [1.54, 1.807) is 0 Å². The Morgan fingerprint density at radius 1 is 1.33 bits per heavy atom. The molecule has 18 heavy (non-hydrogen) atoms. The van der Waals surface area contributed by atoms with Crippen molar-refractivity contribution in [3.05, 3.63) is 24.3 Å². The van der Waals surface area contributed by atoms with Gasteiger partial charge in [0.25, 0.3) is 0 Å². The molecule has 1 aromatic rings. The molecule has 1 atom stereocenters. The number of nitrogens with one attached hydrogen (secondary N) is 3. The fourth-order valence-corrected chi connectivity index (χ4v) is 1.90. The first kappa shape index (κ1) is 12.4. The highest BCUT2D eigenvalue weighted by Gasteiger charge is 2.27. The summed E-state index contributed by atoms with van der Waals surface area (Å²) in [6.45, 7) is 3.78. The first-order valence-electron chi connectivity index (χ1n) is 6.02. The third-order valence-corrected chi connectivity index (χ3v) is 2.67. The number of benzene rings is 1. The zero-order valence-corrected chi connectivity index (χ0v) is 10.5. The molecule has 0 aliphatic carbocycles. The van der Waals surface area contributed by atoms with Crippen LogP contribution in [0.2, 0.25) is 0 Å². The first-order chi connectivity index (χ1) is 8.56. The largest absolute Gasteiger partial charge is 0.372 e. The lowest BCUT2D eigenvalue weighted by atomic mass is 10.1. The average Bonchev–Trinajstić information content (AvgIpc) is 2.29. The average molecular weight is 247 g/mol. The molecule has 0 aromatic heterocycles. The number of para-hydroxylation sites is 2. The lowest BCUT2D eigenvalue weighted by molar-refractivity contribution is -0.125. The first-order valence-corrected chi connectivity index (χ1v) is 6.02. The van der Waals surface area contributed by atoms with Crippen LogP contribution >= 0.6 is 0 Å². The fourth-order valence-electron chi connectivity index (χ4n) is 1.90. The van der Waals surface area contributed by atoms with Crippen molar-refractivity contribution in [2.75, 3.05) is 10.6 Å². The number of amides is 2. The van der Waals surface area contributed by atoms with Gasteiger partial charge in [-0.3, -0.25) is 9.59 Å². The Bertz CT molecular complexity index is 471. The Hall–Kier alpha value is -2.04. The second kappa shape index (κ2) is 5.08. The molecule has 0 saturated heterocycles. The highest BCUT2D eigenvalue weighted by Crippen LogP contribution is 2.26. The summed E-state index contributed by atoms with van der Waals surface area (Å²) in [7, 11) is 0. The maximum Gasteiger partial charge on any atom is 0.247 e. The van der Waals surface area contributed by atoms with Gasteiger partial charge in [0.2, 0.25) is 11.8 Å². The van der Waals surface area contributed by atoms with E-state index in [0.717, 1.165) is 11.4 Å². The summed E-state index contributed by atoms with van der Waals surface area (Å²) in [6, 6.07) is 7.00. The van der Waals surface area contributed by atoms with E-state index in [4.69, 9.17) is 0 Å². The van der Waals surface area contributed by atoms with Gasteiger partial charge in [0, 0.05) is 6.04 Å². The Kier molecular flexibility index (Phi) is 3.50. The van der Waals surface area contributed by atoms with Crippen LogP contribution in [-0.4, -0.2) is 23.9 Å². The molecule has 0 bridgehead atoms.